The Morgan fingerprint density at radius 2 is 2.06 bits per heavy atom. The van der Waals surface area contributed by atoms with Crippen molar-refractivity contribution in [1.29, 1.82) is 0 Å². The maximum Gasteiger partial charge on any atom is 0.387 e. The van der Waals surface area contributed by atoms with Gasteiger partial charge in [0, 0.05) is 29.4 Å². The number of carbonyl (C=O) groups is 1. The van der Waals surface area contributed by atoms with Crippen molar-refractivity contribution in [1.82, 2.24) is 20.2 Å². The second-order valence-corrected chi connectivity index (χ2v) is 8.97. The van der Waals surface area contributed by atoms with E-state index < -0.39 is 18.6 Å². The molecule has 3 aromatic heterocycles. The van der Waals surface area contributed by atoms with Crippen LogP contribution in [0.1, 0.15) is 41.7 Å². The second kappa shape index (κ2) is 10.5. The lowest BCUT2D eigenvalue weighted by atomic mass is 9.95. The van der Waals surface area contributed by atoms with Crippen LogP contribution < -0.4 is 14.8 Å². The second-order valence-electron chi connectivity index (χ2n) is 7.64. The van der Waals surface area contributed by atoms with Crippen molar-refractivity contribution >= 4 is 34.0 Å². The van der Waals surface area contributed by atoms with Crippen molar-refractivity contribution in [3.8, 4) is 22.1 Å². The molecule has 0 bridgehead atoms. The lowest BCUT2D eigenvalue weighted by molar-refractivity contribution is -0.0496. The molecule has 0 spiro atoms. The number of anilines is 1. The van der Waals surface area contributed by atoms with Gasteiger partial charge in [0.2, 0.25) is 5.13 Å². The topological polar surface area (TPSA) is 119 Å². The summed E-state index contributed by atoms with van der Waals surface area (Å²) in [6.07, 6.45) is 4.73. The molecule has 9 nitrogen and oxygen atoms in total. The van der Waals surface area contributed by atoms with Crippen LogP contribution in [0.4, 0.5) is 13.9 Å². The van der Waals surface area contributed by atoms with Crippen LogP contribution in [0.15, 0.2) is 24.5 Å². The molecule has 1 aliphatic rings. The number of aliphatic hydroxyl groups is 1. The van der Waals surface area contributed by atoms with Crippen LogP contribution in [-0.4, -0.2) is 50.0 Å². The molecule has 2 N–H and O–H groups in total. The summed E-state index contributed by atoms with van der Waals surface area (Å²) >= 11 is 7.02. The summed E-state index contributed by atoms with van der Waals surface area (Å²) in [4.78, 5) is 21.0. The van der Waals surface area contributed by atoms with Gasteiger partial charge in [0.1, 0.15) is 11.3 Å². The fourth-order valence-electron chi connectivity index (χ4n) is 3.62. The molecule has 3 aromatic rings. The van der Waals surface area contributed by atoms with Gasteiger partial charge in [0.25, 0.3) is 11.1 Å². The van der Waals surface area contributed by atoms with Crippen LogP contribution in [0.2, 0.25) is 5.15 Å². The molecule has 1 saturated carbocycles. The van der Waals surface area contributed by atoms with Crippen LogP contribution >= 0.6 is 22.9 Å². The van der Waals surface area contributed by atoms with Crippen molar-refractivity contribution in [3.05, 3.63) is 40.9 Å². The summed E-state index contributed by atoms with van der Waals surface area (Å²) in [5.41, 5.74) is 1.07. The number of pyridine rings is 2. The molecule has 34 heavy (non-hydrogen) atoms. The van der Waals surface area contributed by atoms with Gasteiger partial charge in [0.15, 0.2) is 5.75 Å². The highest BCUT2D eigenvalue weighted by Gasteiger charge is 2.24. The summed E-state index contributed by atoms with van der Waals surface area (Å²) in [5.74, 6) is -0.824. The molecule has 0 unspecified atom stereocenters. The van der Waals surface area contributed by atoms with Crippen molar-refractivity contribution < 1.29 is 28.2 Å². The molecule has 13 heteroatoms. The Balaban J connectivity index is 1.57. The third-order valence-corrected chi connectivity index (χ3v) is 6.05. The Kier molecular flexibility index (Phi) is 7.49. The van der Waals surface area contributed by atoms with Gasteiger partial charge in [-0.1, -0.05) is 16.7 Å². The average molecular weight is 512 g/mol. The summed E-state index contributed by atoms with van der Waals surface area (Å²) in [6, 6.07) is 2.89. The first-order chi connectivity index (χ1) is 16.3. The van der Waals surface area contributed by atoms with E-state index >= 15 is 0 Å². The Labute approximate surface area is 202 Å². The van der Waals surface area contributed by atoms with Crippen LogP contribution in [0, 0.1) is 6.92 Å². The number of nitrogens with zero attached hydrogens (tertiary/aromatic N) is 4. The standard InChI is InChI=1S/C21H20ClF2N5O4S/c1-10-5-13(14-7-17(22)26-9-16(14)33-19(23)24)15(8-25-10)18(31)27-20-28-29-21(34-20)32-12-4-2-3-11(30)6-12/h5,7-9,11-12,19,30H,2-4,6H2,1H3,(H,27,28,31)/t11-,12+/m1/s1. The van der Waals surface area contributed by atoms with Gasteiger partial charge in [-0.2, -0.15) is 8.78 Å². The number of amides is 1. The Hall–Kier alpha value is -2.96. The first kappa shape index (κ1) is 24.2. The van der Waals surface area contributed by atoms with Gasteiger partial charge < -0.3 is 14.6 Å². The molecule has 180 valence electrons. The van der Waals surface area contributed by atoms with E-state index in [0.717, 1.165) is 36.8 Å². The van der Waals surface area contributed by atoms with E-state index in [2.05, 4.69) is 30.2 Å². The van der Waals surface area contributed by atoms with Gasteiger partial charge in [-0.25, -0.2) is 4.98 Å². The van der Waals surface area contributed by atoms with Crippen molar-refractivity contribution in [2.24, 2.45) is 0 Å². The Morgan fingerprint density at radius 3 is 2.82 bits per heavy atom. The first-order valence-electron chi connectivity index (χ1n) is 10.4. The van der Waals surface area contributed by atoms with Crippen LogP contribution in [0.3, 0.4) is 0 Å². The van der Waals surface area contributed by atoms with E-state index in [9.17, 15) is 18.7 Å². The monoisotopic (exact) mass is 511 g/mol. The lowest BCUT2D eigenvalue weighted by Crippen LogP contribution is -2.28. The zero-order valence-corrected chi connectivity index (χ0v) is 19.4. The minimum Gasteiger partial charge on any atom is -0.465 e. The number of halogens is 3. The zero-order chi connectivity index (χ0) is 24.2. The predicted molar refractivity (Wildman–Crippen MR) is 121 cm³/mol. The number of aromatic nitrogens is 4. The van der Waals surface area contributed by atoms with Crippen molar-refractivity contribution in [2.75, 3.05) is 5.32 Å². The van der Waals surface area contributed by atoms with E-state index in [1.54, 1.807) is 13.0 Å². The minimum absolute atomic E-state index is 0.0381. The number of nitrogens with one attached hydrogen (secondary N) is 1. The maximum atomic E-state index is 13.1. The molecular formula is C21H20ClF2N5O4S. The highest BCUT2D eigenvalue weighted by Crippen LogP contribution is 2.35. The molecule has 0 radical (unpaired) electrons. The largest absolute Gasteiger partial charge is 0.465 e. The molecule has 4 rings (SSSR count). The average Bonchev–Trinajstić information content (AvgIpc) is 3.21. The van der Waals surface area contributed by atoms with Crippen LogP contribution in [0.25, 0.3) is 11.1 Å². The number of aryl methyl sites for hydroxylation is 1. The third-order valence-electron chi connectivity index (χ3n) is 5.12. The lowest BCUT2D eigenvalue weighted by Gasteiger charge is -2.25. The highest BCUT2D eigenvalue weighted by atomic mass is 35.5. The minimum atomic E-state index is -3.09. The molecule has 1 amide bonds. The summed E-state index contributed by atoms with van der Waals surface area (Å²) in [6.45, 7) is -1.40. The van der Waals surface area contributed by atoms with E-state index in [1.165, 1.54) is 12.3 Å². The SMILES string of the molecule is Cc1cc(-c2cc(Cl)ncc2OC(F)F)c(C(=O)Nc2nnc(O[C@H]3CCC[C@@H](O)C3)s2)cn1. The molecular weight excluding hydrogens is 492 g/mol. The van der Waals surface area contributed by atoms with E-state index in [4.69, 9.17) is 16.3 Å². The zero-order valence-electron chi connectivity index (χ0n) is 17.9. The maximum absolute atomic E-state index is 13.1. The first-order valence-corrected chi connectivity index (χ1v) is 11.5. The number of hydrogen-bond donors (Lipinski definition) is 2. The molecule has 0 saturated heterocycles. The quantitative estimate of drug-likeness (QED) is 0.445. The van der Waals surface area contributed by atoms with E-state index in [0.29, 0.717) is 12.1 Å². The fraction of sp³-hybridized carbons (Fsp3) is 0.381. The molecule has 1 aliphatic carbocycles. The number of aliphatic hydroxyl groups excluding tert-OH is 1. The highest BCUT2D eigenvalue weighted by molar-refractivity contribution is 7.17. The van der Waals surface area contributed by atoms with Crippen molar-refractivity contribution in [3.63, 3.8) is 0 Å². The molecule has 1 fully saturated rings. The molecule has 2 atom stereocenters. The number of carbonyl (C=O) groups excluding carboxylic acids is 1. The van der Waals surface area contributed by atoms with Gasteiger partial charge >= 0.3 is 6.61 Å². The number of alkyl halides is 2. The number of ether oxygens (including phenoxy) is 2. The number of hydrogen-bond acceptors (Lipinski definition) is 9. The Bertz CT molecular complexity index is 1180. The van der Waals surface area contributed by atoms with Gasteiger partial charge in [-0.3, -0.25) is 15.1 Å². The summed E-state index contributed by atoms with van der Waals surface area (Å²) in [5, 5.41) is 20.8. The fourth-order valence-corrected chi connectivity index (χ4v) is 4.44. The van der Waals surface area contributed by atoms with E-state index in [1.807, 2.05) is 0 Å². The molecule has 0 aromatic carbocycles. The number of rotatable bonds is 7. The normalized spacial score (nSPS) is 18.1. The third kappa shape index (κ3) is 5.93. The smallest absolute Gasteiger partial charge is 0.387 e. The molecule has 3 heterocycles. The predicted octanol–water partition coefficient (Wildman–Crippen LogP) is 4.49. The van der Waals surface area contributed by atoms with Gasteiger partial charge in [-0.05, 0) is 49.7 Å². The molecule has 0 aliphatic heterocycles. The van der Waals surface area contributed by atoms with E-state index in [-0.39, 0.29) is 44.0 Å². The summed E-state index contributed by atoms with van der Waals surface area (Å²) < 4.78 is 36.2. The van der Waals surface area contributed by atoms with Gasteiger partial charge in [-0.15, -0.1) is 5.10 Å². The Morgan fingerprint density at radius 1 is 1.24 bits per heavy atom. The summed E-state index contributed by atoms with van der Waals surface area (Å²) in [7, 11) is 0. The van der Waals surface area contributed by atoms with Crippen molar-refractivity contribution in [2.45, 2.75) is 51.4 Å². The van der Waals surface area contributed by atoms with Gasteiger partial charge in [0.05, 0.1) is 17.9 Å². The van der Waals surface area contributed by atoms with Crippen LogP contribution in [-0.2, 0) is 0 Å². The van der Waals surface area contributed by atoms with Crippen LogP contribution in [0.5, 0.6) is 10.9 Å².